The normalized spacial score (nSPS) is 12.1. The van der Waals surface area contributed by atoms with Crippen molar-refractivity contribution in [3.8, 4) is 0 Å². The van der Waals surface area contributed by atoms with Crippen molar-refractivity contribution < 1.29 is 8.78 Å². The Morgan fingerprint density at radius 1 is 1.25 bits per heavy atom. The highest BCUT2D eigenvalue weighted by Crippen LogP contribution is 2.25. The zero-order valence-corrected chi connectivity index (χ0v) is 10.8. The summed E-state index contributed by atoms with van der Waals surface area (Å²) in [5.41, 5.74) is 19.0. The number of hydrogen-bond donors (Lipinski definition) is 3. The van der Waals surface area contributed by atoms with E-state index >= 15 is 0 Å². The topological polar surface area (TPSA) is 95.9 Å². The van der Waals surface area contributed by atoms with E-state index in [1.165, 1.54) is 12.3 Å². The van der Waals surface area contributed by atoms with Gasteiger partial charge in [-0.1, -0.05) is 6.07 Å². The van der Waals surface area contributed by atoms with Crippen LogP contribution >= 0.6 is 0 Å². The van der Waals surface area contributed by atoms with Crippen LogP contribution in [0.2, 0.25) is 0 Å². The van der Waals surface area contributed by atoms with Gasteiger partial charge in [0.1, 0.15) is 0 Å². The molecule has 2 aromatic rings. The Bertz CT molecular complexity index is 696. The van der Waals surface area contributed by atoms with Crippen molar-refractivity contribution in [2.45, 2.75) is 13.5 Å². The molecule has 0 fully saturated rings. The van der Waals surface area contributed by atoms with Crippen LogP contribution in [0, 0.1) is 6.92 Å². The van der Waals surface area contributed by atoms with Crippen LogP contribution in [0.1, 0.15) is 17.7 Å². The molecule has 0 atom stereocenters. The number of allylic oxidation sites excluding steroid dienone is 2. The molecule has 2 rings (SSSR count). The summed E-state index contributed by atoms with van der Waals surface area (Å²) in [4.78, 5) is 0. The number of aromatic nitrogens is 2. The molecule has 20 heavy (non-hydrogen) atoms. The molecular weight excluding hydrogens is 264 g/mol. The van der Waals surface area contributed by atoms with Crippen molar-refractivity contribution in [3.63, 3.8) is 0 Å². The standard InChI is InChI=1S/C13H15F2N5/c1-7-8(10(16)3-5-12(17)18)2-4-11-9(7)6-20(19-11)13(14)15/h2-6,13H,16-18H2,1H3/b10-3-. The fourth-order valence-electron chi connectivity index (χ4n) is 1.94. The van der Waals surface area contributed by atoms with Gasteiger partial charge in [-0.2, -0.15) is 13.9 Å². The average Bonchev–Trinajstić information content (AvgIpc) is 2.81. The van der Waals surface area contributed by atoms with Gasteiger partial charge in [-0.25, -0.2) is 4.68 Å². The van der Waals surface area contributed by atoms with Gasteiger partial charge < -0.3 is 17.2 Å². The Morgan fingerprint density at radius 3 is 2.55 bits per heavy atom. The molecule has 5 nitrogen and oxygen atoms in total. The maximum atomic E-state index is 12.6. The number of hydrogen-bond acceptors (Lipinski definition) is 4. The highest BCUT2D eigenvalue weighted by atomic mass is 19.3. The van der Waals surface area contributed by atoms with Crippen LogP contribution in [0.3, 0.4) is 0 Å². The SMILES string of the molecule is Cc1c(/C(N)=C/C=C(N)N)ccc2nn(C(F)F)cc12. The van der Waals surface area contributed by atoms with E-state index in [1.807, 2.05) is 0 Å². The lowest BCUT2D eigenvalue weighted by Crippen LogP contribution is -2.07. The summed E-state index contributed by atoms with van der Waals surface area (Å²) in [5.74, 6) is 0.136. The third-order valence-electron chi connectivity index (χ3n) is 2.94. The van der Waals surface area contributed by atoms with Gasteiger partial charge in [-0.05, 0) is 30.7 Å². The minimum absolute atomic E-state index is 0.136. The van der Waals surface area contributed by atoms with Gasteiger partial charge in [0.2, 0.25) is 0 Å². The van der Waals surface area contributed by atoms with Crippen molar-refractivity contribution >= 4 is 16.6 Å². The molecule has 1 heterocycles. The lowest BCUT2D eigenvalue weighted by atomic mass is 10.0. The van der Waals surface area contributed by atoms with E-state index in [9.17, 15) is 8.78 Å². The molecule has 7 heteroatoms. The maximum Gasteiger partial charge on any atom is 0.333 e. The number of alkyl halides is 2. The summed E-state index contributed by atoms with van der Waals surface area (Å²) < 4.78 is 25.9. The predicted molar refractivity (Wildman–Crippen MR) is 74.3 cm³/mol. The van der Waals surface area contributed by atoms with E-state index in [-0.39, 0.29) is 5.82 Å². The van der Waals surface area contributed by atoms with Crippen molar-refractivity contribution in [1.29, 1.82) is 0 Å². The smallest absolute Gasteiger partial charge is 0.333 e. The third kappa shape index (κ3) is 2.56. The van der Waals surface area contributed by atoms with Crippen LogP contribution in [-0.4, -0.2) is 9.78 Å². The number of halogens is 2. The summed E-state index contributed by atoms with van der Waals surface area (Å²) in [7, 11) is 0. The summed E-state index contributed by atoms with van der Waals surface area (Å²) in [6.07, 6.45) is 4.35. The van der Waals surface area contributed by atoms with E-state index in [2.05, 4.69) is 5.10 Å². The zero-order chi connectivity index (χ0) is 14.9. The van der Waals surface area contributed by atoms with Crippen LogP contribution in [0.5, 0.6) is 0 Å². The second-order valence-corrected chi connectivity index (χ2v) is 4.35. The Labute approximate surface area is 114 Å². The fourth-order valence-corrected chi connectivity index (χ4v) is 1.94. The van der Waals surface area contributed by atoms with Crippen molar-refractivity contribution in [1.82, 2.24) is 9.78 Å². The molecule has 0 aliphatic carbocycles. The molecular formula is C13H15F2N5. The average molecular weight is 279 g/mol. The predicted octanol–water partition coefficient (Wildman–Crippen LogP) is 1.80. The quantitative estimate of drug-likeness (QED) is 0.746. The number of aryl methyl sites for hydroxylation is 1. The van der Waals surface area contributed by atoms with E-state index in [4.69, 9.17) is 17.2 Å². The van der Waals surface area contributed by atoms with Crippen molar-refractivity contribution in [2.75, 3.05) is 0 Å². The first kappa shape index (κ1) is 13.9. The van der Waals surface area contributed by atoms with Gasteiger partial charge >= 0.3 is 6.55 Å². The van der Waals surface area contributed by atoms with Crippen LogP contribution in [0.4, 0.5) is 8.78 Å². The van der Waals surface area contributed by atoms with E-state index in [0.29, 0.717) is 21.3 Å². The molecule has 0 bridgehead atoms. The lowest BCUT2D eigenvalue weighted by Gasteiger charge is -2.06. The Morgan fingerprint density at radius 2 is 1.95 bits per heavy atom. The Kier molecular flexibility index (Phi) is 3.60. The highest BCUT2D eigenvalue weighted by Gasteiger charge is 2.12. The van der Waals surface area contributed by atoms with Crippen LogP contribution in [-0.2, 0) is 0 Å². The Balaban J connectivity index is 2.54. The molecule has 0 unspecified atom stereocenters. The van der Waals surface area contributed by atoms with Crippen LogP contribution in [0.15, 0.2) is 36.3 Å². The first-order valence-corrected chi connectivity index (χ1v) is 5.85. The van der Waals surface area contributed by atoms with Gasteiger partial charge in [-0.15, -0.1) is 0 Å². The molecule has 0 saturated carbocycles. The van der Waals surface area contributed by atoms with E-state index in [1.54, 1.807) is 25.1 Å². The number of fused-ring (bicyclic) bond motifs is 1. The van der Waals surface area contributed by atoms with Gasteiger partial charge in [0.05, 0.1) is 11.3 Å². The van der Waals surface area contributed by atoms with Crippen LogP contribution < -0.4 is 17.2 Å². The van der Waals surface area contributed by atoms with E-state index < -0.39 is 6.55 Å². The van der Waals surface area contributed by atoms with Crippen molar-refractivity contribution in [2.24, 2.45) is 17.2 Å². The second kappa shape index (κ2) is 5.20. The fraction of sp³-hybridized carbons (Fsp3) is 0.154. The minimum Gasteiger partial charge on any atom is -0.398 e. The number of nitrogens with zero attached hydrogens (tertiary/aromatic N) is 2. The molecule has 0 radical (unpaired) electrons. The number of benzene rings is 1. The number of nitrogens with two attached hydrogens (primary N) is 3. The van der Waals surface area contributed by atoms with E-state index in [0.717, 1.165) is 11.1 Å². The largest absolute Gasteiger partial charge is 0.398 e. The third-order valence-corrected chi connectivity index (χ3v) is 2.94. The molecule has 6 N–H and O–H groups in total. The summed E-state index contributed by atoms with van der Waals surface area (Å²) in [6, 6.07) is 3.37. The number of rotatable bonds is 3. The Hall–Kier alpha value is -2.57. The second-order valence-electron chi connectivity index (χ2n) is 4.35. The van der Waals surface area contributed by atoms with Gasteiger partial charge in [0.25, 0.3) is 0 Å². The molecule has 0 aliphatic rings. The molecule has 1 aromatic carbocycles. The lowest BCUT2D eigenvalue weighted by molar-refractivity contribution is 0.0574. The summed E-state index contributed by atoms with van der Waals surface area (Å²) in [6.45, 7) is -0.871. The van der Waals surface area contributed by atoms with Crippen molar-refractivity contribution in [3.05, 3.63) is 47.4 Å². The molecule has 106 valence electrons. The minimum atomic E-state index is -2.67. The monoisotopic (exact) mass is 279 g/mol. The molecule has 0 aliphatic heterocycles. The first-order chi connectivity index (χ1) is 9.40. The summed E-state index contributed by atoms with van der Waals surface area (Å²) >= 11 is 0. The molecule has 1 aromatic heterocycles. The highest BCUT2D eigenvalue weighted by molar-refractivity contribution is 5.87. The first-order valence-electron chi connectivity index (χ1n) is 5.85. The maximum absolute atomic E-state index is 12.6. The van der Waals surface area contributed by atoms with Gasteiger partial charge in [0.15, 0.2) is 0 Å². The van der Waals surface area contributed by atoms with Crippen LogP contribution in [0.25, 0.3) is 16.6 Å². The van der Waals surface area contributed by atoms with Gasteiger partial charge in [0, 0.05) is 22.8 Å². The summed E-state index contributed by atoms with van der Waals surface area (Å²) in [5, 5.41) is 4.43. The molecule has 0 saturated heterocycles. The van der Waals surface area contributed by atoms with Gasteiger partial charge in [-0.3, -0.25) is 0 Å². The molecule has 0 spiro atoms. The molecule has 0 amide bonds. The zero-order valence-electron chi connectivity index (χ0n) is 10.8.